The number of carbonyl (C=O) groups excluding carboxylic acids is 1. The summed E-state index contributed by atoms with van der Waals surface area (Å²) in [6, 6.07) is 10.5. The van der Waals surface area contributed by atoms with E-state index in [0.717, 1.165) is 11.3 Å². The summed E-state index contributed by atoms with van der Waals surface area (Å²) in [6.07, 6.45) is 0.262. The van der Waals surface area contributed by atoms with Crippen LogP contribution in [0.2, 0.25) is 0 Å². The number of rotatable bonds is 6. The van der Waals surface area contributed by atoms with Crippen LogP contribution in [0.15, 0.2) is 45.6 Å². The predicted molar refractivity (Wildman–Crippen MR) is 92.0 cm³/mol. The van der Waals surface area contributed by atoms with Crippen LogP contribution in [0.3, 0.4) is 0 Å². The van der Waals surface area contributed by atoms with E-state index in [2.05, 4.69) is 0 Å². The zero-order valence-electron chi connectivity index (χ0n) is 14.4. The molecule has 132 valence electrons. The van der Waals surface area contributed by atoms with E-state index in [-0.39, 0.29) is 12.0 Å². The second-order valence-corrected chi connectivity index (χ2v) is 6.02. The lowest BCUT2D eigenvalue weighted by Crippen LogP contribution is -2.56. The Labute approximate surface area is 146 Å². The monoisotopic (exact) mass is 343 g/mol. The van der Waals surface area contributed by atoms with Crippen LogP contribution in [0.4, 0.5) is 0 Å². The van der Waals surface area contributed by atoms with Crippen LogP contribution < -0.4 is 15.1 Å². The molecule has 1 aliphatic rings. The van der Waals surface area contributed by atoms with Crippen LogP contribution in [-0.2, 0) is 11.2 Å². The lowest BCUT2D eigenvalue weighted by Gasteiger charge is -2.39. The predicted octanol–water partition coefficient (Wildman–Crippen LogP) is 2.18. The summed E-state index contributed by atoms with van der Waals surface area (Å²) in [5.74, 6) is 1.86. The van der Waals surface area contributed by atoms with Gasteiger partial charge in [0, 0.05) is 6.07 Å². The first-order chi connectivity index (χ1) is 12.0. The number of benzene rings is 1. The van der Waals surface area contributed by atoms with Crippen molar-refractivity contribution >= 4 is 5.91 Å². The summed E-state index contributed by atoms with van der Waals surface area (Å²) in [5, 5.41) is 0. The number of aryl methyl sites for hydroxylation is 1. The third-order valence-corrected chi connectivity index (χ3v) is 3.96. The van der Waals surface area contributed by atoms with Gasteiger partial charge in [-0.2, -0.15) is 0 Å². The molecule has 1 aromatic heterocycles. The molecule has 1 aliphatic heterocycles. The first-order valence-corrected chi connectivity index (χ1v) is 8.31. The molecule has 3 rings (SSSR count). The number of amides is 1. The van der Waals surface area contributed by atoms with Crippen LogP contribution in [0.25, 0.3) is 0 Å². The minimum Gasteiger partial charge on any atom is -0.494 e. The van der Waals surface area contributed by atoms with Crippen LogP contribution in [0.1, 0.15) is 18.2 Å². The van der Waals surface area contributed by atoms with Gasteiger partial charge in [0.05, 0.1) is 32.2 Å². The Morgan fingerprint density at radius 3 is 2.56 bits per heavy atom. The molecule has 0 aliphatic carbocycles. The molecule has 25 heavy (non-hydrogen) atoms. The fraction of sp³-hybridized carbons (Fsp3) is 0.368. The highest BCUT2D eigenvalue weighted by Crippen LogP contribution is 2.19. The van der Waals surface area contributed by atoms with E-state index in [0.29, 0.717) is 37.6 Å². The summed E-state index contributed by atoms with van der Waals surface area (Å²) in [4.78, 5) is 25.4. The fourth-order valence-corrected chi connectivity index (χ4v) is 2.71. The van der Waals surface area contributed by atoms with Gasteiger partial charge in [0.15, 0.2) is 0 Å². The average molecular weight is 343 g/mol. The van der Waals surface area contributed by atoms with Crippen molar-refractivity contribution in [3.8, 4) is 11.5 Å². The lowest BCUT2D eigenvalue weighted by atomic mass is 10.1. The molecule has 6 heteroatoms. The molecule has 0 bridgehead atoms. The van der Waals surface area contributed by atoms with Gasteiger partial charge in [-0.3, -0.25) is 4.79 Å². The Balaban J connectivity index is 1.48. The van der Waals surface area contributed by atoms with E-state index in [1.165, 1.54) is 6.07 Å². The van der Waals surface area contributed by atoms with Crippen molar-refractivity contribution in [3.63, 3.8) is 0 Å². The van der Waals surface area contributed by atoms with Crippen molar-refractivity contribution in [2.24, 2.45) is 0 Å². The van der Waals surface area contributed by atoms with Crippen LogP contribution in [0, 0.1) is 6.92 Å². The SMILES string of the molecule is CCOc1ccc(CC(=O)N2CC(Oc3cc(C)oc(=O)c3)C2)cc1. The highest BCUT2D eigenvalue weighted by atomic mass is 16.5. The molecule has 0 unspecified atom stereocenters. The van der Waals surface area contributed by atoms with Gasteiger partial charge >= 0.3 is 5.63 Å². The quantitative estimate of drug-likeness (QED) is 0.804. The van der Waals surface area contributed by atoms with E-state index >= 15 is 0 Å². The molecule has 1 aromatic carbocycles. The smallest absolute Gasteiger partial charge is 0.339 e. The minimum atomic E-state index is -0.433. The third kappa shape index (κ3) is 4.41. The Bertz CT molecular complexity index is 790. The Hall–Kier alpha value is -2.76. The van der Waals surface area contributed by atoms with Gasteiger partial charge in [-0.1, -0.05) is 12.1 Å². The van der Waals surface area contributed by atoms with Crippen molar-refractivity contribution < 1.29 is 18.7 Å². The topological polar surface area (TPSA) is 69.0 Å². The first kappa shape index (κ1) is 17.1. The normalized spacial score (nSPS) is 14.1. The molecule has 2 heterocycles. The lowest BCUT2D eigenvalue weighted by molar-refractivity contribution is -0.139. The van der Waals surface area contributed by atoms with Crippen molar-refractivity contribution in [1.29, 1.82) is 0 Å². The second kappa shape index (κ2) is 7.42. The summed E-state index contributed by atoms with van der Waals surface area (Å²) in [6.45, 7) is 5.30. The van der Waals surface area contributed by atoms with E-state index in [4.69, 9.17) is 13.9 Å². The maximum absolute atomic E-state index is 12.3. The number of nitrogens with zero attached hydrogens (tertiary/aromatic N) is 1. The van der Waals surface area contributed by atoms with Crippen molar-refractivity contribution in [2.75, 3.05) is 19.7 Å². The van der Waals surface area contributed by atoms with Crippen molar-refractivity contribution in [2.45, 2.75) is 26.4 Å². The largest absolute Gasteiger partial charge is 0.494 e. The third-order valence-electron chi connectivity index (χ3n) is 3.96. The van der Waals surface area contributed by atoms with E-state index in [1.54, 1.807) is 17.9 Å². The minimum absolute atomic E-state index is 0.0627. The Morgan fingerprint density at radius 1 is 1.20 bits per heavy atom. The van der Waals surface area contributed by atoms with Gasteiger partial charge in [0.1, 0.15) is 23.4 Å². The van der Waals surface area contributed by atoms with Gasteiger partial charge < -0.3 is 18.8 Å². The zero-order chi connectivity index (χ0) is 17.8. The van der Waals surface area contributed by atoms with E-state index in [9.17, 15) is 9.59 Å². The number of hydrogen-bond donors (Lipinski definition) is 0. The summed E-state index contributed by atoms with van der Waals surface area (Å²) in [5.41, 5.74) is 0.520. The molecule has 1 amide bonds. The number of hydrogen-bond acceptors (Lipinski definition) is 5. The van der Waals surface area contributed by atoms with Crippen molar-refractivity contribution in [1.82, 2.24) is 4.90 Å². The average Bonchev–Trinajstić information content (AvgIpc) is 2.51. The van der Waals surface area contributed by atoms with Gasteiger partial charge in [-0.15, -0.1) is 0 Å². The van der Waals surface area contributed by atoms with E-state index < -0.39 is 5.63 Å². The molecule has 0 atom stereocenters. The van der Waals surface area contributed by atoms with E-state index in [1.807, 2.05) is 31.2 Å². The van der Waals surface area contributed by atoms with Gasteiger partial charge in [-0.25, -0.2) is 4.79 Å². The molecule has 2 aromatic rings. The molecular weight excluding hydrogens is 322 g/mol. The fourth-order valence-electron chi connectivity index (χ4n) is 2.71. The summed E-state index contributed by atoms with van der Waals surface area (Å²) < 4.78 is 16.0. The molecule has 0 N–H and O–H groups in total. The number of likely N-dealkylation sites (tertiary alicyclic amines) is 1. The Kier molecular flexibility index (Phi) is 5.07. The van der Waals surface area contributed by atoms with Crippen LogP contribution in [-0.4, -0.2) is 36.6 Å². The van der Waals surface area contributed by atoms with Gasteiger partial charge in [0.25, 0.3) is 0 Å². The Morgan fingerprint density at radius 2 is 1.92 bits per heavy atom. The molecule has 0 radical (unpaired) electrons. The standard InChI is InChI=1S/C19H21NO5/c1-3-23-15-6-4-14(5-7-15)9-18(21)20-11-17(12-20)25-16-8-13(2)24-19(22)10-16/h4-8,10,17H,3,9,11-12H2,1-2H3. The van der Waals surface area contributed by atoms with Gasteiger partial charge in [-0.05, 0) is 31.5 Å². The molecular formula is C19H21NO5. The highest BCUT2D eigenvalue weighted by Gasteiger charge is 2.32. The molecule has 0 saturated carbocycles. The maximum Gasteiger partial charge on any atom is 0.339 e. The van der Waals surface area contributed by atoms with Crippen molar-refractivity contribution in [3.05, 3.63) is 58.1 Å². The highest BCUT2D eigenvalue weighted by molar-refractivity contribution is 5.79. The van der Waals surface area contributed by atoms with Crippen LogP contribution in [0.5, 0.6) is 11.5 Å². The first-order valence-electron chi connectivity index (χ1n) is 8.31. The zero-order valence-corrected chi connectivity index (χ0v) is 14.4. The summed E-state index contributed by atoms with van der Waals surface area (Å²) in [7, 11) is 0. The second-order valence-electron chi connectivity index (χ2n) is 6.02. The molecule has 6 nitrogen and oxygen atoms in total. The van der Waals surface area contributed by atoms with Gasteiger partial charge in [0.2, 0.25) is 5.91 Å². The molecule has 0 spiro atoms. The summed E-state index contributed by atoms with van der Waals surface area (Å²) >= 11 is 0. The number of ether oxygens (including phenoxy) is 2. The maximum atomic E-state index is 12.3. The molecule has 1 saturated heterocycles. The number of carbonyl (C=O) groups is 1. The van der Waals surface area contributed by atoms with Crippen LogP contribution >= 0.6 is 0 Å². The molecule has 1 fully saturated rings.